The minimum Gasteiger partial charge on any atom is -0.508 e. The van der Waals surface area contributed by atoms with E-state index in [2.05, 4.69) is 31.9 Å². The van der Waals surface area contributed by atoms with Gasteiger partial charge in [-0.05, 0) is 80.9 Å². The first-order chi connectivity index (χ1) is 25.4. The fourth-order valence-electron chi connectivity index (χ4n) is 5.99. The maximum atomic E-state index is 14.0. The molecule has 2 rings (SSSR count). The molecule has 7 amide bonds. The molecular weight excluding hydrogens is 698 g/mol. The number of nitrogens with zero attached hydrogens (tertiary/aromatic N) is 1. The zero-order valence-corrected chi connectivity index (χ0v) is 32.9. The summed E-state index contributed by atoms with van der Waals surface area (Å²) in [7, 11) is 1.44. The van der Waals surface area contributed by atoms with Gasteiger partial charge in [0, 0.05) is 13.6 Å². The molecule has 0 saturated carbocycles. The molecular formula is C38H61N7O9. The van der Waals surface area contributed by atoms with Crippen molar-refractivity contribution in [3.05, 3.63) is 29.8 Å². The zero-order chi connectivity index (χ0) is 40.7. The van der Waals surface area contributed by atoms with Crippen molar-refractivity contribution in [2.24, 2.45) is 17.8 Å². The van der Waals surface area contributed by atoms with Crippen molar-refractivity contribution in [2.45, 2.75) is 130 Å². The fourth-order valence-corrected chi connectivity index (χ4v) is 5.99. The summed E-state index contributed by atoms with van der Waals surface area (Å²) < 4.78 is 0. The topological polar surface area (TPSA) is 235 Å². The Morgan fingerprint density at radius 1 is 0.889 bits per heavy atom. The SMILES string of the molecule is CC[C@@H](C)C(NC(=O)N[C@@H]1CCCCNC(=O)[C@H](CC(C)C)NC(=O)[C@H](C)N(C)C(=O)[C@H](CCc2ccc(O)cc2)NC(=O)[C@H](C(C)C)NC1=O)C(=O)O. The summed E-state index contributed by atoms with van der Waals surface area (Å²) in [5.74, 6) is -4.87. The third kappa shape index (κ3) is 14.2. The number of amides is 7. The lowest BCUT2D eigenvalue weighted by molar-refractivity contribution is -0.142. The van der Waals surface area contributed by atoms with Crippen molar-refractivity contribution in [2.75, 3.05) is 13.6 Å². The van der Waals surface area contributed by atoms with Gasteiger partial charge in [0.2, 0.25) is 29.5 Å². The van der Waals surface area contributed by atoms with Crippen molar-refractivity contribution in [1.82, 2.24) is 36.8 Å². The Morgan fingerprint density at radius 2 is 1.52 bits per heavy atom. The predicted molar refractivity (Wildman–Crippen MR) is 202 cm³/mol. The van der Waals surface area contributed by atoms with E-state index in [1.165, 1.54) is 31.0 Å². The monoisotopic (exact) mass is 759 g/mol. The number of hydrogen-bond acceptors (Lipinski definition) is 8. The molecule has 1 unspecified atom stereocenters. The number of hydrogen-bond donors (Lipinski definition) is 8. The lowest BCUT2D eigenvalue weighted by atomic mass is 9.99. The van der Waals surface area contributed by atoms with Gasteiger partial charge in [0.05, 0.1) is 0 Å². The number of phenols is 1. The van der Waals surface area contributed by atoms with Crippen LogP contribution in [0.3, 0.4) is 0 Å². The number of aliphatic carboxylic acids is 1. The summed E-state index contributed by atoms with van der Waals surface area (Å²) in [5, 5.41) is 35.5. The first-order valence-corrected chi connectivity index (χ1v) is 18.9. The van der Waals surface area contributed by atoms with Crippen LogP contribution in [0.2, 0.25) is 0 Å². The van der Waals surface area contributed by atoms with Gasteiger partial charge >= 0.3 is 12.0 Å². The van der Waals surface area contributed by atoms with Crippen molar-refractivity contribution in [3.63, 3.8) is 0 Å². The molecule has 1 aromatic rings. The van der Waals surface area contributed by atoms with Crippen molar-refractivity contribution < 1.29 is 43.8 Å². The Kier molecular flexibility index (Phi) is 18.2. The van der Waals surface area contributed by atoms with Crippen molar-refractivity contribution >= 4 is 41.5 Å². The van der Waals surface area contributed by atoms with Crippen LogP contribution in [-0.4, -0.2) is 106 Å². The van der Waals surface area contributed by atoms with Crippen LogP contribution in [0, 0.1) is 17.8 Å². The molecule has 8 N–H and O–H groups in total. The predicted octanol–water partition coefficient (Wildman–Crippen LogP) is 1.80. The highest BCUT2D eigenvalue weighted by Crippen LogP contribution is 2.16. The first kappa shape index (κ1) is 45.3. The van der Waals surface area contributed by atoms with Gasteiger partial charge in [-0.25, -0.2) is 9.59 Å². The molecule has 1 aromatic carbocycles. The van der Waals surface area contributed by atoms with E-state index in [0.717, 1.165) is 5.56 Å². The molecule has 0 aliphatic carbocycles. The van der Waals surface area contributed by atoms with E-state index >= 15 is 0 Å². The van der Waals surface area contributed by atoms with Crippen molar-refractivity contribution in [3.8, 4) is 5.75 Å². The van der Waals surface area contributed by atoms with Gasteiger partial charge in [-0.1, -0.05) is 60.1 Å². The van der Waals surface area contributed by atoms with E-state index in [-0.39, 0.29) is 31.1 Å². The molecule has 16 heteroatoms. The highest BCUT2D eigenvalue weighted by Gasteiger charge is 2.35. The maximum Gasteiger partial charge on any atom is 0.326 e. The van der Waals surface area contributed by atoms with Crippen LogP contribution in [0.15, 0.2) is 24.3 Å². The largest absolute Gasteiger partial charge is 0.508 e. The van der Waals surface area contributed by atoms with Gasteiger partial charge in [0.25, 0.3) is 0 Å². The standard InChI is InChI=1S/C38H61N7O9/c1-9-23(6)31(37(52)53)44-38(54)42-27-12-10-11-19-39-33(48)29(20-21(2)3)41-32(47)24(7)45(8)36(51)28(18-15-25-13-16-26(46)17-14-25)40-35(50)30(22(4)5)43-34(27)49/h13-14,16-17,21-24,27-31,46H,9-12,15,18-20H2,1-8H3,(H,39,48)(H,40,50)(H,41,47)(H,43,49)(H,52,53)(H2,42,44,54)/t23-,24+,27-,28+,29+,30+,31?/m1/s1. The molecule has 7 atom stereocenters. The fraction of sp³-hybridized carbons (Fsp3) is 0.658. The second kappa shape index (κ2) is 21.7. The molecule has 0 bridgehead atoms. The number of carbonyl (C=O) groups is 7. The Labute approximate surface area is 318 Å². The molecule has 16 nitrogen and oxygen atoms in total. The Bertz CT molecular complexity index is 1450. The summed E-state index contributed by atoms with van der Waals surface area (Å²) in [6, 6.07) is -1.08. The van der Waals surface area contributed by atoms with Gasteiger partial charge in [-0.3, -0.25) is 24.0 Å². The highest BCUT2D eigenvalue weighted by atomic mass is 16.4. The van der Waals surface area contributed by atoms with E-state index in [0.29, 0.717) is 32.1 Å². The smallest absolute Gasteiger partial charge is 0.326 e. The number of urea groups is 1. The van der Waals surface area contributed by atoms with Crippen LogP contribution < -0.4 is 31.9 Å². The van der Waals surface area contributed by atoms with E-state index in [1.54, 1.807) is 39.8 Å². The summed E-state index contributed by atoms with van der Waals surface area (Å²) in [6.45, 7) is 12.4. The summed E-state index contributed by atoms with van der Waals surface area (Å²) >= 11 is 0. The Balaban J connectivity index is 2.50. The molecule has 302 valence electrons. The average Bonchev–Trinajstić information content (AvgIpc) is 3.11. The summed E-state index contributed by atoms with van der Waals surface area (Å²) in [6.07, 6.45) is 2.07. The normalized spacial score (nSPS) is 23.9. The van der Waals surface area contributed by atoms with Gasteiger partial charge in [0.1, 0.15) is 42.0 Å². The number of carboxylic acids is 1. The quantitative estimate of drug-likeness (QED) is 0.164. The third-order valence-electron chi connectivity index (χ3n) is 9.77. The number of phenolic OH excluding ortho intramolecular Hbond substituents is 1. The summed E-state index contributed by atoms with van der Waals surface area (Å²) in [4.78, 5) is 94.7. The Hall–Kier alpha value is -4.89. The van der Waals surface area contributed by atoms with Crippen LogP contribution >= 0.6 is 0 Å². The molecule has 54 heavy (non-hydrogen) atoms. The van der Waals surface area contributed by atoms with E-state index in [9.17, 15) is 43.8 Å². The molecule has 0 radical (unpaired) electrons. The maximum absolute atomic E-state index is 14.0. The average molecular weight is 760 g/mol. The number of aryl methyl sites for hydroxylation is 1. The Morgan fingerprint density at radius 3 is 2.09 bits per heavy atom. The number of likely N-dealkylation sites (N-methyl/N-ethyl adjacent to an activating group) is 1. The second-order valence-electron chi connectivity index (χ2n) is 15.0. The number of nitrogens with one attached hydrogen (secondary N) is 6. The van der Waals surface area contributed by atoms with Crippen molar-refractivity contribution in [1.29, 1.82) is 0 Å². The minimum absolute atomic E-state index is 0.0447. The van der Waals surface area contributed by atoms with Crippen LogP contribution in [0.1, 0.15) is 92.6 Å². The molecule has 0 spiro atoms. The van der Waals surface area contributed by atoms with Crippen LogP contribution in [0.4, 0.5) is 4.79 Å². The van der Waals surface area contributed by atoms with E-state index < -0.39 is 89.6 Å². The lowest BCUT2D eigenvalue weighted by Gasteiger charge is -2.31. The minimum atomic E-state index is -1.22. The summed E-state index contributed by atoms with van der Waals surface area (Å²) in [5.41, 5.74) is 0.778. The number of rotatable bonds is 11. The van der Waals surface area contributed by atoms with Crippen LogP contribution in [-0.2, 0) is 35.2 Å². The molecule has 1 aliphatic rings. The zero-order valence-electron chi connectivity index (χ0n) is 32.9. The van der Waals surface area contributed by atoms with E-state index in [1.807, 2.05) is 13.8 Å². The number of carbonyl (C=O) groups excluding carboxylic acids is 6. The molecule has 1 aliphatic heterocycles. The molecule has 1 fully saturated rings. The molecule has 0 aromatic heterocycles. The third-order valence-corrected chi connectivity index (χ3v) is 9.77. The highest BCUT2D eigenvalue weighted by molar-refractivity contribution is 5.96. The number of aromatic hydroxyl groups is 1. The van der Waals surface area contributed by atoms with E-state index in [4.69, 9.17) is 0 Å². The van der Waals surface area contributed by atoms with Gasteiger partial charge in [-0.15, -0.1) is 0 Å². The first-order valence-electron chi connectivity index (χ1n) is 18.9. The molecule has 1 heterocycles. The lowest BCUT2D eigenvalue weighted by Crippen LogP contribution is -2.60. The number of carboxylic acid groups (broad SMARTS) is 1. The van der Waals surface area contributed by atoms with Gasteiger partial charge in [-0.2, -0.15) is 0 Å². The number of benzene rings is 1. The van der Waals surface area contributed by atoms with Crippen LogP contribution in [0.5, 0.6) is 5.75 Å². The molecule has 1 saturated heterocycles. The van der Waals surface area contributed by atoms with Crippen LogP contribution in [0.25, 0.3) is 0 Å². The van der Waals surface area contributed by atoms with Gasteiger partial charge < -0.3 is 47.0 Å². The van der Waals surface area contributed by atoms with Gasteiger partial charge in [0.15, 0.2) is 0 Å². The second-order valence-corrected chi connectivity index (χ2v) is 15.0.